The molecule has 1 N–H and O–H groups in total. The zero-order valence-corrected chi connectivity index (χ0v) is 11.3. The number of benzene rings is 1. The van der Waals surface area contributed by atoms with Gasteiger partial charge in [0, 0.05) is 22.4 Å². The molecule has 0 aliphatic rings. The molecule has 1 aromatic carbocycles. The monoisotopic (exact) mass is 271 g/mol. The molecule has 19 heavy (non-hydrogen) atoms. The van der Waals surface area contributed by atoms with Crippen molar-refractivity contribution in [1.82, 2.24) is 15.0 Å². The van der Waals surface area contributed by atoms with E-state index in [1.54, 1.807) is 12.4 Å². The lowest BCUT2D eigenvalue weighted by atomic mass is 10.2. The highest BCUT2D eigenvalue weighted by Crippen LogP contribution is 2.25. The molecular weight excluding hydrogens is 258 g/mol. The third-order valence-electron chi connectivity index (χ3n) is 2.93. The SMILES string of the molecule is CCS(=O)c1ccccc1-c1nc2ccncc2[nH]1. The van der Waals surface area contributed by atoms with Gasteiger partial charge in [-0.1, -0.05) is 25.1 Å². The molecule has 3 rings (SSSR count). The molecule has 96 valence electrons. The van der Waals surface area contributed by atoms with Crippen LogP contribution in [0.4, 0.5) is 0 Å². The molecule has 1 atom stereocenters. The molecule has 2 heterocycles. The minimum absolute atomic E-state index is 0.596. The van der Waals surface area contributed by atoms with Crippen molar-refractivity contribution in [2.24, 2.45) is 0 Å². The predicted molar refractivity (Wildman–Crippen MR) is 76.3 cm³/mol. The summed E-state index contributed by atoms with van der Waals surface area (Å²) in [4.78, 5) is 12.6. The van der Waals surface area contributed by atoms with Gasteiger partial charge >= 0.3 is 0 Å². The van der Waals surface area contributed by atoms with Gasteiger partial charge in [-0.3, -0.25) is 9.19 Å². The van der Waals surface area contributed by atoms with Crippen molar-refractivity contribution in [3.8, 4) is 11.4 Å². The molecule has 5 heteroatoms. The van der Waals surface area contributed by atoms with Crippen LogP contribution >= 0.6 is 0 Å². The van der Waals surface area contributed by atoms with Gasteiger partial charge in [0.1, 0.15) is 5.82 Å². The topological polar surface area (TPSA) is 58.6 Å². The highest BCUT2D eigenvalue weighted by Gasteiger charge is 2.12. The van der Waals surface area contributed by atoms with Crippen molar-refractivity contribution in [3.63, 3.8) is 0 Å². The quantitative estimate of drug-likeness (QED) is 0.797. The van der Waals surface area contributed by atoms with Crippen LogP contribution in [0.25, 0.3) is 22.4 Å². The number of hydrogen-bond acceptors (Lipinski definition) is 3. The van der Waals surface area contributed by atoms with E-state index in [1.807, 2.05) is 37.3 Å². The van der Waals surface area contributed by atoms with Gasteiger partial charge in [-0.15, -0.1) is 0 Å². The molecule has 0 aliphatic heterocycles. The van der Waals surface area contributed by atoms with Gasteiger partial charge < -0.3 is 4.98 Å². The number of aromatic amines is 1. The Labute approximate surface area is 113 Å². The van der Waals surface area contributed by atoms with Crippen molar-refractivity contribution >= 4 is 21.8 Å². The Morgan fingerprint density at radius 1 is 1.26 bits per heavy atom. The highest BCUT2D eigenvalue weighted by atomic mass is 32.2. The van der Waals surface area contributed by atoms with Gasteiger partial charge in [0.15, 0.2) is 0 Å². The number of fused-ring (bicyclic) bond motifs is 1. The number of nitrogens with zero attached hydrogens (tertiary/aromatic N) is 2. The van der Waals surface area contributed by atoms with Crippen LogP contribution in [0, 0.1) is 0 Å². The van der Waals surface area contributed by atoms with Crippen LogP contribution in [0.1, 0.15) is 6.92 Å². The number of imidazole rings is 1. The van der Waals surface area contributed by atoms with Crippen LogP contribution in [0.15, 0.2) is 47.6 Å². The number of pyridine rings is 1. The fourth-order valence-corrected chi connectivity index (χ4v) is 2.95. The van der Waals surface area contributed by atoms with Crippen LogP contribution in [-0.2, 0) is 10.8 Å². The lowest BCUT2D eigenvalue weighted by Gasteiger charge is -2.05. The van der Waals surface area contributed by atoms with Crippen LogP contribution in [-0.4, -0.2) is 24.9 Å². The zero-order valence-electron chi connectivity index (χ0n) is 10.5. The molecule has 0 saturated carbocycles. The van der Waals surface area contributed by atoms with Crippen molar-refractivity contribution < 1.29 is 4.21 Å². The molecule has 4 nitrogen and oxygen atoms in total. The molecule has 0 bridgehead atoms. The van der Waals surface area contributed by atoms with E-state index in [-0.39, 0.29) is 0 Å². The van der Waals surface area contributed by atoms with Crippen molar-refractivity contribution in [2.75, 3.05) is 5.75 Å². The third-order valence-corrected chi connectivity index (χ3v) is 4.30. The first kappa shape index (κ1) is 12.0. The van der Waals surface area contributed by atoms with E-state index in [2.05, 4.69) is 15.0 Å². The molecule has 0 spiro atoms. The maximum absolute atomic E-state index is 12.1. The van der Waals surface area contributed by atoms with Gasteiger partial charge in [-0.25, -0.2) is 4.98 Å². The van der Waals surface area contributed by atoms with E-state index in [4.69, 9.17) is 0 Å². The van der Waals surface area contributed by atoms with Gasteiger partial charge in [0.2, 0.25) is 0 Å². The molecule has 0 fully saturated rings. The van der Waals surface area contributed by atoms with Crippen LogP contribution in [0.3, 0.4) is 0 Å². The van der Waals surface area contributed by atoms with Gasteiger partial charge in [0.05, 0.1) is 28.0 Å². The normalized spacial score (nSPS) is 12.7. The predicted octanol–water partition coefficient (Wildman–Crippen LogP) is 2.75. The Morgan fingerprint density at radius 3 is 2.89 bits per heavy atom. The second kappa shape index (κ2) is 4.93. The fraction of sp³-hybridized carbons (Fsp3) is 0.143. The maximum Gasteiger partial charge on any atom is 0.139 e. The summed E-state index contributed by atoms with van der Waals surface area (Å²) in [5.41, 5.74) is 2.63. The minimum atomic E-state index is -1.000. The number of rotatable bonds is 3. The van der Waals surface area contributed by atoms with E-state index in [0.29, 0.717) is 5.75 Å². The second-order valence-electron chi connectivity index (χ2n) is 4.11. The summed E-state index contributed by atoms with van der Waals surface area (Å²) in [5, 5.41) is 0. The molecule has 0 amide bonds. The summed E-state index contributed by atoms with van der Waals surface area (Å²) in [5.74, 6) is 1.33. The standard InChI is InChI=1S/C14H13N3OS/c1-2-19(18)13-6-4-3-5-10(13)14-16-11-7-8-15-9-12(11)17-14/h3-9H,2H2,1H3,(H,16,17). The van der Waals surface area contributed by atoms with E-state index in [0.717, 1.165) is 27.3 Å². The minimum Gasteiger partial charge on any atom is -0.337 e. The van der Waals surface area contributed by atoms with Crippen LogP contribution in [0.5, 0.6) is 0 Å². The average Bonchev–Trinajstić information content (AvgIpc) is 2.90. The van der Waals surface area contributed by atoms with E-state index in [9.17, 15) is 4.21 Å². The summed E-state index contributed by atoms with van der Waals surface area (Å²) in [6.45, 7) is 1.91. The molecule has 1 unspecified atom stereocenters. The lowest BCUT2D eigenvalue weighted by Crippen LogP contribution is -1.97. The summed E-state index contributed by atoms with van der Waals surface area (Å²) in [6.07, 6.45) is 3.45. The van der Waals surface area contributed by atoms with Crippen LogP contribution in [0.2, 0.25) is 0 Å². The van der Waals surface area contributed by atoms with Crippen molar-refractivity contribution in [3.05, 3.63) is 42.7 Å². The first-order chi connectivity index (χ1) is 9.29. The lowest BCUT2D eigenvalue weighted by molar-refractivity contribution is 0.684. The van der Waals surface area contributed by atoms with Gasteiger partial charge in [0.25, 0.3) is 0 Å². The summed E-state index contributed by atoms with van der Waals surface area (Å²) < 4.78 is 12.1. The molecule has 0 saturated heterocycles. The molecule has 2 aromatic heterocycles. The third kappa shape index (κ3) is 2.17. The van der Waals surface area contributed by atoms with E-state index >= 15 is 0 Å². The first-order valence-electron chi connectivity index (χ1n) is 6.07. The maximum atomic E-state index is 12.1. The van der Waals surface area contributed by atoms with Crippen LogP contribution < -0.4 is 0 Å². The van der Waals surface area contributed by atoms with Gasteiger partial charge in [-0.2, -0.15) is 0 Å². The Kier molecular flexibility index (Phi) is 3.13. The second-order valence-corrected chi connectivity index (χ2v) is 5.82. The highest BCUT2D eigenvalue weighted by molar-refractivity contribution is 7.85. The molecular formula is C14H13N3OS. The smallest absolute Gasteiger partial charge is 0.139 e. The summed E-state index contributed by atoms with van der Waals surface area (Å²) >= 11 is 0. The zero-order chi connectivity index (χ0) is 13.2. The number of H-pyrrole nitrogens is 1. The van der Waals surface area contributed by atoms with Crippen molar-refractivity contribution in [2.45, 2.75) is 11.8 Å². The Morgan fingerprint density at radius 2 is 2.11 bits per heavy atom. The number of aromatic nitrogens is 3. The first-order valence-corrected chi connectivity index (χ1v) is 7.39. The number of nitrogens with one attached hydrogen (secondary N) is 1. The molecule has 3 aromatic rings. The molecule has 0 radical (unpaired) electrons. The van der Waals surface area contributed by atoms with E-state index in [1.165, 1.54) is 0 Å². The largest absolute Gasteiger partial charge is 0.337 e. The van der Waals surface area contributed by atoms with Gasteiger partial charge in [-0.05, 0) is 12.1 Å². The summed E-state index contributed by atoms with van der Waals surface area (Å²) in [6, 6.07) is 9.51. The average molecular weight is 271 g/mol. The van der Waals surface area contributed by atoms with Crippen molar-refractivity contribution in [1.29, 1.82) is 0 Å². The Bertz CT molecular complexity index is 718. The fourth-order valence-electron chi connectivity index (χ4n) is 2.00. The number of hydrogen-bond donors (Lipinski definition) is 1. The summed E-state index contributed by atoms with van der Waals surface area (Å²) in [7, 11) is -1.000. The Balaban J connectivity index is 2.18. The Hall–Kier alpha value is -2.01. The van der Waals surface area contributed by atoms with E-state index < -0.39 is 10.8 Å². The molecule has 0 aliphatic carbocycles.